The van der Waals surface area contributed by atoms with Gasteiger partial charge in [-0.25, -0.2) is 13.4 Å². The van der Waals surface area contributed by atoms with Crippen LogP contribution in [0.3, 0.4) is 0 Å². The highest BCUT2D eigenvalue weighted by Gasteiger charge is 2.22. The van der Waals surface area contributed by atoms with Gasteiger partial charge in [0.05, 0.1) is 17.0 Å². The Bertz CT molecular complexity index is 719. The Morgan fingerprint density at radius 2 is 2.05 bits per heavy atom. The summed E-state index contributed by atoms with van der Waals surface area (Å²) in [6.07, 6.45) is 0. The van der Waals surface area contributed by atoms with Gasteiger partial charge in [0.2, 0.25) is 10.0 Å². The fourth-order valence-corrected chi connectivity index (χ4v) is 3.58. The first kappa shape index (κ1) is 15.2. The SMILES string of the molecule is CCN(CCO)S(=O)(=O)c1ccc2nc(Cl)ccc2c1. The quantitative estimate of drug-likeness (QED) is 0.856. The minimum absolute atomic E-state index is 0.0791. The van der Waals surface area contributed by atoms with Crippen LogP contribution in [0.5, 0.6) is 0 Å². The number of likely N-dealkylation sites (N-methyl/N-ethyl adjacent to an activating group) is 1. The van der Waals surface area contributed by atoms with Crippen LogP contribution in [0.25, 0.3) is 10.9 Å². The molecule has 0 aliphatic heterocycles. The van der Waals surface area contributed by atoms with Crippen LogP contribution >= 0.6 is 11.6 Å². The second-order valence-corrected chi connectivity index (χ2v) is 6.53. The molecule has 0 saturated carbocycles. The van der Waals surface area contributed by atoms with Crippen LogP contribution in [0.15, 0.2) is 35.2 Å². The first-order valence-corrected chi connectivity index (χ1v) is 7.98. The van der Waals surface area contributed by atoms with Crippen LogP contribution in [-0.4, -0.2) is 42.5 Å². The molecule has 0 amide bonds. The molecule has 20 heavy (non-hydrogen) atoms. The Balaban J connectivity index is 2.49. The van der Waals surface area contributed by atoms with Gasteiger partial charge in [0.25, 0.3) is 0 Å². The normalized spacial score (nSPS) is 12.2. The van der Waals surface area contributed by atoms with E-state index in [4.69, 9.17) is 16.7 Å². The van der Waals surface area contributed by atoms with E-state index in [0.717, 1.165) is 0 Å². The molecule has 0 radical (unpaired) electrons. The number of hydrogen-bond acceptors (Lipinski definition) is 4. The van der Waals surface area contributed by atoms with Crippen molar-refractivity contribution < 1.29 is 13.5 Å². The molecule has 0 aliphatic carbocycles. The molecule has 0 unspecified atom stereocenters. The zero-order valence-electron chi connectivity index (χ0n) is 11.0. The molecular weight excluding hydrogens is 300 g/mol. The molecule has 0 bridgehead atoms. The maximum Gasteiger partial charge on any atom is 0.243 e. The number of fused-ring (bicyclic) bond motifs is 1. The van der Waals surface area contributed by atoms with E-state index in [1.807, 2.05) is 0 Å². The van der Waals surface area contributed by atoms with Crippen molar-refractivity contribution in [1.29, 1.82) is 0 Å². The summed E-state index contributed by atoms with van der Waals surface area (Å²) >= 11 is 5.80. The number of aliphatic hydroxyl groups excluding tert-OH is 1. The third-order valence-electron chi connectivity index (χ3n) is 2.97. The highest BCUT2D eigenvalue weighted by atomic mass is 35.5. The van der Waals surface area contributed by atoms with Crippen molar-refractivity contribution in [3.63, 3.8) is 0 Å². The monoisotopic (exact) mass is 314 g/mol. The van der Waals surface area contributed by atoms with E-state index in [-0.39, 0.29) is 18.0 Å². The number of aromatic nitrogens is 1. The summed E-state index contributed by atoms with van der Waals surface area (Å²) in [5.74, 6) is 0. The maximum atomic E-state index is 12.4. The van der Waals surface area contributed by atoms with Gasteiger partial charge in [-0.05, 0) is 30.3 Å². The fourth-order valence-electron chi connectivity index (χ4n) is 1.95. The molecule has 1 aromatic carbocycles. The highest BCUT2D eigenvalue weighted by molar-refractivity contribution is 7.89. The maximum absolute atomic E-state index is 12.4. The average Bonchev–Trinajstić information content (AvgIpc) is 2.43. The number of halogens is 1. The molecule has 2 aromatic rings. The predicted molar refractivity (Wildman–Crippen MR) is 78.3 cm³/mol. The average molecular weight is 315 g/mol. The van der Waals surface area contributed by atoms with Gasteiger partial charge in [-0.3, -0.25) is 0 Å². The van der Waals surface area contributed by atoms with Gasteiger partial charge in [-0.2, -0.15) is 4.31 Å². The Labute approximate surface area is 122 Å². The second-order valence-electron chi connectivity index (χ2n) is 4.21. The van der Waals surface area contributed by atoms with Crippen molar-refractivity contribution in [2.75, 3.05) is 19.7 Å². The van der Waals surface area contributed by atoms with Gasteiger partial charge in [-0.1, -0.05) is 18.5 Å². The van der Waals surface area contributed by atoms with Crippen LogP contribution in [0.4, 0.5) is 0 Å². The van der Waals surface area contributed by atoms with Gasteiger partial charge in [0.15, 0.2) is 0 Å². The van der Waals surface area contributed by atoms with E-state index in [1.54, 1.807) is 31.2 Å². The summed E-state index contributed by atoms with van der Waals surface area (Å²) in [7, 11) is -3.60. The third-order valence-corrected chi connectivity index (χ3v) is 5.15. The first-order valence-electron chi connectivity index (χ1n) is 6.16. The van der Waals surface area contributed by atoms with Crippen molar-refractivity contribution in [3.8, 4) is 0 Å². The minimum Gasteiger partial charge on any atom is -0.395 e. The number of sulfonamides is 1. The number of nitrogens with zero attached hydrogens (tertiary/aromatic N) is 2. The number of benzene rings is 1. The number of pyridine rings is 1. The van der Waals surface area contributed by atoms with Gasteiger partial charge >= 0.3 is 0 Å². The van der Waals surface area contributed by atoms with E-state index in [1.165, 1.54) is 10.4 Å². The lowest BCUT2D eigenvalue weighted by Gasteiger charge is -2.19. The minimum atomic E-state index is -3.60. The Morgan fingerprint density at radius 3 is 2.70 bits per heavy atom. The number of aliphatic hydroxyl groups is 1. The lowest BCUT2D eigenvalue weighted by Crippen LogP contribution is -2.33. The fraction of sp³-hybridized carbons (Fsp3) is 0.308. The van der Waals surface area contributed by atoms with Crippen molar-refractivity contribution in [2.24, 2.45) is 0 Å². The molecule has 5 nitrogen and oxygen atoms in total. The van der Waals surface area contributed by atoms with Crippen molar-refractivity contribution in [3.05, 3.63) is 35.5 Å². The highest BCUT2D eigenvalue weighted by Crippen LogP contribution is 2.22. The molecule has 1 aromatic heterocycles. The molecule has 1 heterocycles. The van der Waals surface area contributed by atoms with Crippen molar-refractivity contribution in [2.45, 2.75) is 11.8 Å². The lowest BCUT2D eigenvalue weighted by atomic mass is 10.2. The zero-order valence-corrected chi connectivity index (χ0v) is 12.5. The smallest absolute Gasteiger partial charge is 0.243 e. The van der Waals surface area contributed by atoms with E-state index in [9.17, 15) is 8.42 Å². The molecule has 108 valence electrons. The van der Waals surface area contributed by atoms with Crippen LogP contribution < -0.4 is 0 Å². The van der Waals surface area contributed by atoms with Gasteiger partial charge in [0, 0.05) is 18.5 Å². The van der Waals surface area contributed by atoms with Crippen LogP contribution in [-0.2, 0) is 10.0 Å². The summed E-state index contributed by atoms with van der Waals surface area (Å²) in [5.41, 5.74) is 0.640. The van der Waals surface area contributed by atoms with E-state index in [0.29, 0.717) is 22.6 Å². The van der Waals surface area contributed by atoms with Crippen molar-refractivity contribution >= 4 is 32.5 Å². The third kappa shape index (κ3) is 2.93. The molecule has 1 N–H and O–H groups in total. The number of rotatable bonds is 5. The molecule has 0 aliphatic rings. The van der Waals surface area contributed by atoms with Gasteiger partial charge < -0.3 is 5.11 Å². The van der Waals surface area contributed by atoms with E-state index < -0.39 is 10.0 Å². The summed E-state index contributed by atoms with van der Waals surface area (Å²) < 4.78 is 26.1. The zero-order chi connectivity index (χ0) is 14.8. The Morgan fingerprint density at radius 1 is 1.30 bits per heavy atom. The van der Waals surface area contributed by atoms with Crippen molar-refractivity contribution in [1.82, 2.24) is 9.29 Å². The lowest BCUT2D eigenvalue weighted by molar-refractivity contribution is 0.257. The van der Waals surface area contributed by atoms with Crippen LogP contribution in [0.1, 0.15) is 6.92 Å². The summed E-state index contributed by atoms with van der Waals surface area (Å²) in [5, 5.41) is 10.0. The summed E-state index contributed by atoms with van der Waals surface area (Å²) in [4.78, 5) is 4.30. The van der Waals surface area contributed by atoms with E-state index >= 15 is 0 Å². The molecular formula is C13H15ClN2O3S. The molecule has 0 saturated heterocycles. The Kier molecular flexibility index (Phi) is 4.59. The topological polar surface area (TPSA) is 70.5 Å². The molecule has 0 atom stereocenters. The van der Waals surface area contributed by atoms with Gasteiger partial charge in [-0.15, -0.1) is 0 Å². The standard InChI is InChI=1S/C13H15ClN2O3S/c1-2-16(7-8-17)20(18,19)11-4-5-12-10(9-11)3-6-13(14)15-12/h3-6,9,17H,2,7-8H2,1H3. The molecule has 7 heteroatoms. The van der Waals surface area contributed by atoms with E-state index in [2.05, 4.69) is 4.98 Å². The second kappa shape index (κ2) is 6.05. The van der Waals surface area contributed by atoms with Gasteiger partial charge in [0.1, 0.15) is 5.15 Å². The summed E-state index contributed by atoms with van der Waals surface area (Å²) in [6.45, 7) is 1.91. The predicted octanol–water partition coefficient (Wildman–Crippen LogP) is 1.89. The first-order chi connectivity index (χ1) is 9.48. The van der Waals surface area contributed by atoms with Crippen LogP contribution in [0, 0.1) is 0 Å². The molecule has 2 rings (SSSR count). The Hall–Kier alpha value is -1.21. The largest absolute Gasteiger partial charge is 0.395 e. The van der Waals surface area contributed by atoms with Crippen LogP contribution in [0.2, 0.25) is 5.15 Å². The summed E-state index contributed by atoms with van der Waals surface area (Å²) in [6, 6.07) is 8.04. The number of hydrogen-bond donors (Lipinski definition) is 1. The molecule has 0 fully saturated rings. The molecule has 0 spiro atoms.